The number of methoxy groups -OCH3 is 1. The van der Waals surface area contributed by atoms with E-state index in [1.165, 1.54) is 0 Å². The van der Waals surface area contributed by atoms with E-state index in [9.17, 15) is 4.79 Å². The summed E-state index contributed by atoms with van der Waals surface area (Å²) in [6.07, 6.45) is 1.66. The second-order valence-corrected chi connectivity index (χ2v) is 4.68. The van der Waals surface area contributed by atoms with Crippen molar-refractivity contribution in [2.24, 2.45) is 0 Å². The van der Waals surface area contributed by atoms with Crippen LogP contribution >= 0.6 is 0 Å². The predicted octanol–water partition coefficient (Wildman–Crippen LogP) is 2.18. The van der Waals surface area contributed by atoms with Crippen LogP contribution in [0.15, 0.2) is 42.6 Å². The quantitative estimate of drug-likeness (QED) is 0.808. The van der Waals surface area contributed by atoms with Crippen LogP contribution in [-0.4, -0.2) is 31.2 Å². The van der Waals surface area contributed by atoms with Crippen LogP contribution < -0.4 is 19.5 Å². The maximum atomic E-state index is 11.8. The van der Waals surface area contributed by atoms with Gasteiger partial charge >= 0.3 is 0 Å². The molecule has 6 heteroatoms. The van der Waals surface area contributed by atoms with Crippen LogP contribution in [0.5, 0.6) is 17.4 Å². The first-order valence-electron chi connectivity index (χ1n) is 7.32. The Kier molecular flexibility index (Phi) is 6.23. The number of nitrogens with one attached hydrogen (secondary N) is 1. The summed E-state index contributed by atoms with van der Waals surface area (Å²) in [4.78, 5) is 15.9. The van der Waals surface area contributed by atoms with Crippen LogP contribution in [-0.2, 0) is 11.3 Å². The van der Waals surface area contributed by atoms with Crippen LogP contribution in [0.2, 0.25) is 0 Å². The van der Waals surface area contributed by atoms with E-state index < -0.39 is 0 Å². The van der Waals surface area contributed by atoms with Gasteiger partial charge in [0, 0.05) is 18.8 Å². The van der Waals surface area contributed by atoms with Gasteiger partial charge in [0.1, 0.15) is 11.5 Å². The Morgan fingerprint density at radius 3 is 2.35 bits per heavy atom. The standard InChI is InChI=1S/C17H20N2O4/c1-3-22-14-5-7-15(8-6-14)23-12-16(20)18-10-13-4-9-17(21-2)19-11-13/h4-9,11H,3,10,12H2,1-2H3,(H,18,20). The van der Waals surface area contributed by atoms with Crippen molar-refractivity contribution in [2.45, 2.75) is 13.5 Å². The number of nitrogens with zero attached hydrogens (tertiary/aromatic N) is 1. The first-order chi connectivity index (χ1) is 11.2. The molecule has 1 amide bonds. The molecule has 0 saturated heterocycles. The maximum Gasteiger partial charge on any atom is 0.258 e. The zero-order chi connectivity index (χ0) is 16.5. The fraction of sp³-hybridized carbons (Fsp3) is 0.294. The average Bonchev–Trinajstić information content (AvgIpc) is 2.60. The van der Waals surface area contributed by atoms with E-state index in [1.807, 2.05) is 13.0 Å². The van der Waals surface area contributed by atoms with E-state index in [-0.39, 0.29) is 12.5 Å². The second-order valence-electron chi connectivity index (χ2n) is 4.68. The molecule has 0 unspecified atom stereocenters. The number of rotatable bonds is 8. The van der Waals surface area contributed by atoms with Crippen molar-refractivity contribution in [3.63, 3.8) is 0 Å². The first kappa shape index (κ1) is 16.6. The molecule has 1 heterocycles. The number of ether oxygens (including phenoxy) is 3. The molecule has 0 aliphatic heterocycles. The lowest BCUT2D eigenvalue weighted by Gasteiger charge is -2.08. The predicted molar refractivity (Wildman–Crippen MR) is 85.7 cm³/mol. The zero-order valence-electron chi connectivity index (χ0n) is 13.2. The van der Waals surface area contributed by atoms with E-state index in [2.05, 4.69) is 10.3 Å². The monoisotopic (exact) mass is 316 g/mol. The van der Waals surface area contributed by atoms with Gasteiger partial charge in [0.15, 0.2) is 6.61 Å². The summed E-state index contributed by atoms with van der Waals surface area (Å²) in [6.45, 7) is 2.88. The molecule has 0 saturated carbocycles. The van der Waals surface area contributed by atoms with Crippen molar-refractivity contribution in [3.05, 3.63) is 48.2 Å². The van der Waals surface area contributed by atoms with Crippen LogP contribution in [0.1, 0.15) is 12.5 Å². The Labute approximate surface area is 135 Å². The van der Waals surface area contributed by atoms with Gasteiger partial charge in [-0.15, -0.1) is 0 Å². The molecule has 1 N–H and O–H groups in total. The van der Waals surface area contributed by atoms with E-state index in [1.54, 1.807) is 43.6 Å². The number of pyridine rings is 1. The number of carbonyl (C=O) groups is 1. The summed E-state index contributed by atoms with van der Waals surface area (Å²) in [7, 11) is 1.56. The molecule has 122 valence electrons. The van der Waals surface area contributed by atoms with Gasteiger partial charge in [0.2, 0.25) is 5.88 Å². The highest BCUT2D eigenvalue weighted by Gasteiger charge is 2.04. The molecule has 6 nitrogen and oxygen atoms in total. The van der Waals surface area contributed by atoms with Gasteiger partial charge < -0.3 is 19.5 Å². The minimum absolute atomic E-state index is 0.0441. The Balaban J connectivity index is 1.73. The maximum absolute atomic E-state index is 11.8. The molecular weight excluding hydrogens is 296 g/mol. The second kappa shape index (κ2) is 8.63. The molecule has 0 atom stereocenters. The highest BCUT2D eigenvalue weighted by atomic mass is 16.5. The Morgan fingerprint density at radius 2 is 1.78 bits per heavy atom. The minimum Gasteiger partial charge on any atom is -0.494 e. The van der Waals surface area contributed by atoms with Crippen molar-refractivity contribution < 1.29 is 19.0 Å². The molecule has 0 aliphatic rings. The molecule has 0 aliphatic carbocycles. The molecule has 1 aromatic carbocycles. The van der Waals surface area contributed by atoms with Crippen molar-refractivity contribution in [3.8, 4) is 17.4 Å². The summed E-state index contributed by atoms with van der Waals surface area (Å²) >= 11 is 0. The summed E-state index contributed by atoms with van der Waals surface area (Å²) in [6, 6.07) is 10.7. The number of hydrogen-bond donors (Lipinski definition) is 1. The summed E-state index contributed by atoms with van der Waals surface area (Å²) in [5.41, 5.74) is 0.889. The molecule has 0 spiro atoms. The largest absolute Gasteiger partial charge is 0.494 e. The first-order valence-corrected chi connectivity index (χ1v) is 7.32. The van der Waals surface area contributed by atoms with Gasteiger partial charge in [0.25, 0.3) is 5.91 Å². The smallest absolute Gasteiger partial charge is 0.258 e. The molecule has 23 heavy (non-hydrogen) atoms. The third-order valence-electron chi connectivity index (χ3n) is 3.00. The van der Waals surface area contributed by atoms with E-state index in [0.717, 1.165) is 11.3 Å². The Morgan fingerprint density at radius 1 is 1.09 bits per heavy atom. The summed E-state index contributed by atoms with van der Waals surface area (Å²) in [5.74, 6) is 1.74. The molecule has 1 aromatic heterocycles. The Hall–Kier alpha value is -2.76. The number of hydrogen-bond acceptors (Lipinski definition) is 5. The lowest BCUT2D eigenvalue weighted by molar-refractivity contribution is -0.123. The third-order valence-corrected chi connectivity index (χ3v) is 3.00. The highest BCUT2D eigenvalue weighted by molar-refractivity contribution is 5.77. The third kappa shape index (κ3) is 5.50. The summed E-state index contributed by atoms with van der Waals surface area (Å²) < 4.78 is 15.7. The van der Waals surface area contributed by atoms with Gasteiger partial charge in [-0.1, -0.05) is 6.07 Å². The summed E-state index contributed by atoms with van der Waals surface area (Å²) in [5, 5.41) is 2.77. The molecule has 0 bridgehead atoms. The SMILES string of the molecule is CCOc1ccc(OCC(=O)NCc2ccc(OC)nc2)cc1. The van der Waals surface area contributed by atoms with Crippen molar-refractivity contribution in [2.75, 3.05) is 20.3 Å². The van der Waals surface area contributed by atoms with Crippen LogP contribution in [0, 0.1) is 0 Å². The van der Waals surface area contributed by atoms with Gasteiger partial charge in [-0.05, 0) is 36.8 Å². The zero-order valence-corrected chi connectivity index (χ0v) is 13.2. The lowest BCUT2D eigenvalue weighted by atomic mass is 10.3. The lowest BCUT2D eigenvalue weighted by Crippen LogP contribution is -2.28. The van der Waals surface area contributed by atoms with Crippen molar-refractivity contribution in [1.29, 1.82) is 0 Å². The van der Waals surface area contributed by atoms with Gasteiger partial charge in [0.05, 0.1) is 13.7 Å². The van der Waals surface area contributed by atoms with E-state index in [4.69, 9.17) is 14.2 Å². The van der Waals surface area contributed by atoms with Gasteiger partial charge in [-0.3, -0.25) is 4.79 Å². The van der Waals surface area contributed by atoms with E-state index in [0.29, 0.717) is 24.8 Å². The van der Waals surface area contributed by atoms with Crippen molar-refractivity contribution >= 4 is 5.91 Å². The number of carbonyl (C=O) groups excluding carboxylic acids is 1. The molecule has 2 aromatic rings. The molecule has 0 radical (unpaired) electrons. The highest BCUT2D eigenvalue weighted by Crippen LogP contribution is 2.17. The fourth-order valence-corrected chi connectivity index (χ4v) is 1.84. The topological polar surface area (TPSA) is 69.7 Å². The fourth-order valence-electron chi connectivity index (χ4n) is 1.84. The van der Waals surface area contributed by atoms with E-state index >= 15 is 0 Å². The number of benzene rings is 1. The van der Waals surface area contributed by atoms with Crippen LogP contribution in [0.3, 0.4) is 0 Å². The van der Waals surface area contributed by atoms with Crippen LogP contribution in [0.4, 0.5) is 0 Å². The van der Waals surface area contributed by atoms with Gasteiger partial charge in [-0.25, -0.2) is 4.98 Å². The molecule has 0 fully saturated rings. The number of aromatic nitrogens is 1. The van der Waals surface area contributed by atoms with Gasteiger partial charge in [-0.2, -0.15) is 0 Å². The van der Waals surface area contributed by atoms with Crippen molar-refractivity contribution in [1.82, 2.24) is 10.3 Å². The van der Waals surface area contributed by atoms with Crippen LogP contribution in [0.25, 0.3) is 0 Å². The minimum atomic E-state index is -0.199. The Bertz CT molecular complexity index is 611. The normalized spacial score (nSPS) is 10.0. The molecule has 2 rings (SSSR count). The number of amides is 1. The average molecular weight is 316 g/mol. The molecular formula is C17H20N2O4.